The monoisotopic (exact) mass is 525 g/mol. The summed E-state index contributed by atoms with van der Waals surface area (Å²) in [5.41, 5.74) is 0.0598. The quantitative estimate of drug-likeness (QED) is 0.576. The molecule has 3 aliphatic rings. The zero-order chi connectivity index (χ0) is 24.7. The third-order valence-corrected chi connectivity index (χ3v) is 10.4. The van der Waals surface area contributed by atoms with E-state index in [4.69, 9.17) is 19.4 Å². The van der Waals surface area contributed by atoms with Crippen LogP contribution in [-0.4, -0.2) is 61.4 Å². The Morgan fingerprint density at radius 3 is 2.26 bits per heavy atom. The number of carbonyl (C=O) groups is 1. The van der Waals surface area contributed by atoms with Crippen LogP contribution in [-0.2, 0) is 5.54 Å². The Bertz CT molecular complexity index is 1270. The third kappa shape index (κ3) is 4.75. The lowest BCUT2D eigenvalue weighted by Crippen LogP contribution is -2.33. The van der Waals surface area contributed by atoms with Crippen molar-refractivity contribution in [2.75, 3.05) is 24.3 Å². The van der Waals surface area contributed by atoms with Crippen molar-refractivity contribution in [3.05, 3.63) is 59.8 Å². The number of nitrogens with one attached hydrogen (secondary N) is 1. The summed E-state index contributed by atoms with van der Waals surface area (Å²) in [5, 5.41) is 5.64. The smallest absolute Gasteiger partial charge is 0.272 e. The van der Waals surface area contributed by atoms with E-state index >= 15 is 0 Å². The second kappa shape index (κ2) is 9.29. The minimum atomic E-state index is -0.626. The number of amides is 1. The number of aromatic nitrogens is 1. The number of nitrogens with zero attached hydrogens (tertiary/aromatic N) is 4. The molecule has 0 fully saturated rings. The van der Waals surface area contributed by atoms with Gasteiger partial charge in [0, 0.05) is 24.3 Å². The second-order valence-electron chi connectivity index (χ2n) is 9.33. The Kier molecular flexibility index (Phi) is 6.48. The number of oxazole rings is 1. The number of hydrogen-bond acceptors (Lipinski definition) is 9. The molecule has 7 nitrogen and oxygen atoms in total. The number of thioether (sulfide) groups is 3. The van der Waals surface area contributed by atoms with Crippen molar-refractivity contribution in [2.45, 2.75) is 37.4 Å². The van der Waals surface area contributed by atoms with Gasteiger partial charge in [0.25, 0.3) is 5.91 Å². The van der Waals surface area contributed by atoms with Gasteiger partial charge in [-0.15, -0.1) is 35.3 Å². The van der Waals surface area contributed by atoms with E-state index in [1.165, 1.54) is 6.26 Å². The molecule has 2 aromatic rings. The van der Waals surface area contributed by atoms with E-state index in [0.29, 0.717) is 11.6 Å². The first-order valence-electron chi connectivity index (χ1n) is 11.3. The Labute approximate surface area is 217 Å². The molecule has 1 amide bonds. The topological polar surface area (TPSA) is 92.2 Å². The average molecular weight is 526 g/mol. The zero-order valence-corrected chi connectivity index (χ0v) is 22.5. The van der Waals surface area contributed by atoms with Gasteiger partial charge in [0.05, 0.1) is 15.1 Å². The highest BCUT2D eigenvalue weighted by molar-refractivity contribution is 8.17. The van der Waals surface area contributed by atoms with Crippen molar-refractivity contribution >= 4 is 62.4 Å². The van der Waals surface area contributed by atoms with Crippen LogP contribution in [0.15, 0.2) is 62.1 Å². The Morgan fingerprint density at radius 1 is 0.914 bits per heavy atom. The SMILES string of the molecule is CNC(=O)c1coc([C@@]2(C)CSC([C@]3(C)CSC([C@]4(C)CSC(/C=C/c5ccccc5)=N4)=N3)=N2)n1. The first kappa shape index (κ1) is 24.4. The summed E-state index contributed by atoms with van der Waals surface area (Å²) in [5.74, 6) is 2.58. The van der Waals surface area contributed by atoms with Crippen molar-refractivity contribution in [3.63, 3.8) is 0 Å². The molecular weight excluding hydrogens is 499 g/mol. The van der Waals surface area contributed by atoms with Crippen LogP contribution in [0.1, 0.15) is 42.7 Å². The molecule has 10 heteroatoms. The van der Waals surface area contributed by atoms with Gasteiger partial charge >= 0.3 is 0 Å². The van der Waals surface area contributed by atoms with Gasteiger partial charge in [-0.3, -0.25) is 19.8 Å². The van der Waals surface area contributed by atoms with E-state index in [2.05, 4.69) is 48.4 Å². The van der Waals surface area contributed by atoms with Crippen molar-refractivity contribution in [1.29, 1.82) is 0 Å². The zero-order valence-electron chi connectivity index (χ0n) is 20.1. The van der Waals surface area contributed by atoms with E-state index < -0.39 is 11.1 Å². The first-order valence-corrected chi connectivity index (χ1v) is 14.3. The maximum absolute atomic E-state index is 11.9. The van der Waals surface area contributed by atoms with Gasteiger partial charge in [0.1, 0.15) is 22.9 Å². The van der Waals surface area contributed by atoms with Gasteiger partial charge in [0.2, 0.25) is 5.89 Å². The average Bonchev–Trinajstić information content (AvgIpc) is 3.65. The molecule has 1 aromatic heterocycles. The highest BCUT2D eigenvalue weighted by Gasteiger charge is 2.48. The maximum Gasteiger partial charge on any atom is 0.272 e. The summed E-state index contributed by atoms with van der Waals surface area (Å²) in [4.78, 5) is 31.5. The maximum atomic E-state index is 11.9. The standard InChI is InChI=1S/C25H27N5O2S3/c1-23(20-27-17(12-32-20)19(31)26-4)13-34-22(29-23)25(3)15-35-21(30-25)24(2)14-33-18(28-24)11-10-16-8-6-5-7-9-16/h5-12H,13-15H2,1-4H3,(H,26,31)/b11-10+/t23-,24+,25+/m1/s1. The van der Waals surface area contributed by atoms with Crippen molar-refractivity contribution in [1.82, 2.24) is 10.3 Å². The second-order valence-corrected chi connectivity index (χ2v) is 12.3. The van der Waals surface area contributed by atoms with Crippen LogP contribution in [0.3, 0.4) is 0 Å². The molecule has 1 N–H and O–H groups in total. The van der Waals surface area contributed by atoms with Crippen LogP contribution in [0.25, 0.3) is 6.08 Å². The van der Waals surface area contributed by atoms with E-state index in [9.17, 15) is 4.79 Å². The molecule has 0 saturated heterocycles. The van der Waals surface area contributed by atoms with E-state index in [1.807, 2.05) is 25.1 Å². The van der Waals surface area contributed by atoms with E-state index in [0.717, 1.165) is 32.2 Å². The summed E-state index contributed by atoms with van der Waals surface area (Å²) in [6.07, 6.45) is 5.59. The molecule has 182 valence electrons. The first-order chi connectivity index (χ1) is 16.7. The van der Waals surface area contributed by atoms with Crippen LogP contribution in [0.2, 0.25) is 0 Å². The summed E-state index contributed by atoms with van der Waals surface area (Å²) in [6.45, 7) is 6.30. The fourth-order valence-corrected chi connectivity index (χ4v) is 7.83. The minimum Gasteiger partial charge on any atom is -0.445 e. The molecule has 5 rings (SSSR count). The predicted octanol–water partition coefficient (Wildman–Crippen LogP) is 4.92. The highest BCUT2D eigenvalue weighted by atomic mass is 32.2. The largest absolute Gasteiger partial charge is 0.445 e. The molecule has 0 radical (unpaired) electrons. The lowest BCUT2D eigenvalue weighted by Gasteiger charge is -2.21. The number of benzene rings is 1. The fraction of sp³-hybridized carbons (Fsp3) is 0.400. The summed E-state index contributed by atoms with van der Waals surface area (Å²) < 4.78 is 5.64. The molecular formula is C25H27N5O2S3. The van der Waals surface area contributed by atoms with Gasteiger partial charge < -0.3 is 9.73 Å². The number of rotatable bonds is 6. The number of carbonyl (C=O) groups excluding carboxylic acids is 1. The van der Waals surface area contributed by atoms with Crippen LogP contribution in [0, 0.1) is 0 Å². The number of hydrogen-bond donors (Lipinski definition) is 1. The summed E-state index contributed by atoms with van der Waals surface area (Å²) in [7, 11) is 1.57. The minimum absolute atomic E-state index is 0.266. The van der Waals surface area contributed by atoms with Crippen LogP contribution in [0.5, 0.6) is 0 Å². The van der Waals surface area contributed by atoms with Crippen LogP contribution >= 0.6 is 35.3 Å². The molecule has 1 aromatic carbocycles. The normalized spacial score (nSPS) is 30.5. The lowest BCUT2D eigenvalue weighted by molar-refractivity contribution is 0.0958. The van der Waals surface area contributed by atoms with Crippen molar-refractivity contribution in [2.24, 2.45) is 15.0 Å². The van der Waals surface area contributed by atoms with Crippen molar-refractivity contribution < 1.29 is 9.21 Å². The Hall–Kier alpha value is -2.30. The molecule has 0 unspecified atom stereocenters. The lowest BCUT2D eigenvalue weighted by atomic mass is 10.0. The van der Waals surface area contributed by atoms with Crippen molar-refractivity contribution in [3.8, 4) is 0 Å². The van der Waals surface area contributed by atoms with E-state index in [1.54, 1.807) is 42.3 Å². The molecule has 0 bridgehead atoms. The fourth-order valence-electron chi connectivity index (χ4n) is 3.97. The predicted molar refractivity (Wildman–Crippen MR) is 149 cm³/mol. The molecule has 35 heavy (non-hydrogen) atoms. The molecule has 0 saturated carbocycles. The van der Waals surface area contributed by atoms with Gasteiger partial charge in [-0.25, -0.2) is 4.98 Å². The van der Waals surface area contributed by atoms with Crippen LogP contribution in [0.4, 0.5) is 0 Å². The van der Waals surface area contributed by atoms with Gasteiger partial charge in [-0.05, 0) is 32.4 Å². The molecule has 3 atom stereocenters. The number of aliphatic imine (C=N–C) groups is 3. The molecule has 0 spiro atoms. The van der Waals surface area contributed by atoms with E-state index in [-0.39, 0.29) is 17.1 Å². The Balaban J connectivity index is 1.35. The van der Waals surface area contributed by atoms with Crippen LogP contribution < -0.4 is 5.32 Å². The molecule has 3 aliphatic heterocycles. The summed E-state index contributed by atoms with van der Waals surface area (Å²) in [6, 6.07) is 10.3. The van der Waals surface area contributed by atoms with Gasteiger partial charge in [-0.1, -0.05) is 36.4 Å². The van der Waals surface area contributed by atoms with Gasteiger partial charge in [0.15, 0.2) is 5.69 Å². The molecule has 0 aliphatic carbocycles. The highest BCUT2D eigenvalue weighted by Crippen LogP contribution is 2.45. The Morgan fingerprint density at radius 2 is 1.54 bits per heavy atom. The molecule has 4 heterocycles. The third-order valence-electron chi connectivity index (χ3n) is 6.10. The summed E-state index contributed by atoms with van der Waals surface area (Å²) >= 11 is 5.24. The van der Waals surface area contributed by atoms with Gasteiger partial charge in [-0.2, -0.15) is 0 Å².